The molecule has 3 nitrogen and oxygen atoms in total. The second-order valence-electron chi connectivity index (χ2n) is 5.39. The normalized spacial score (nSPS) is 11.8. The van der Waals surface area contributed by atoms with Gasteiger partial charge in [0.05, 0.1) is 5.75 Å². The summed E-state index contributed by atoms with van der Waals surface area (Å²) < 4.78 is 6.38. The van der Waals surface area contributed by atoms with Crippen LogP contribution >= 0.6 is 27.7 Å². The third-order valence-electron chi connectivity index (χ3n) is 2.50. The zero-order valence-electron chi connectivity index (χ0n) is 11.3. The van der Waals surface area contributed by atoms with Gasteiger partial charge in [-0.25, -0.2) is 0 Å². The zero-order chi connectivity index (χ0) is 13.9. The summed E-state index contributed by atoms with van der Waals surface area (Å²) >= 11 is 5.26. The third kappa shape index (κ3) is 4.35. The Hall–Kier alpha value is -0.810. The predicted molar refractivity (Wildman–Crippen MR) is 82.1 cm³/mol. The number of rotatable bonds is 4. The Morgan fingerprint density at radius 2 is 2.05 bits per heavy atom. The lowest BCUT2D eigenvalue weighted by atomic mass is 9.97. The molecule has 2 rings (SSSR count). The largest absolute Gasteiger partial charge is 0.339 e. The summed E-state index contributed by atoms with van der Waals surface area (Å²) in [5, 5.41) is 4.02. The van der Waals surface area contributed by atoms with E-state index in [-0.39, 0.29) is 5.41 Å². The predicted octanol–water partition coefficient (Wildman–Crippen LogP) is 4.56. The highest BCUT2D eigenvalue weighted by atomic mass is 79.9. The molecule has 0 aliphatic heterocycles. The van der Waals surface area contributed by atoms with E-state index in [4.69, 9.17) is 4.52 Å². The summed E-state index contributed by atoms with van der Waals surface area (Å²) in [5.74, 6) is 3.18. The Kier molecular flexibility index (Phi) is 4.68. The quantitative estimate of drug-likeness (QED) is 0.817. The third-order valence-corrected chi connectivity index (χ3v) is 3.99. The maximum Gasteiger partial charge on any atom is 0.232 e. The number of thioether (sulfide) groups is 1. The van der Waals surface area contributed by atoms with Gasteiger partial charge in [0.1, 0.15) is 0 Å². The Morgan fingerprint density at radius 3 is 2.68 bits per heavy atom. The van der Waals surface area contributed by atoms with Gasteiger partial charge in [-0.1, -0.05) is 54.0 Å². The monoisotopic (exact) mass is 340 g/mol. The van der Waals surface area contributed by atoms with Crippen LogP contribution in [-0.2, 0) is 16.9 Å². The van der Waals surface area contributed by atoms with E-state index in [0.29, 0.717) is 5.89 Å². The summed E-state index contributed by atoms with van der Waals surface area (Å²) in [4.78, 5) is 4.42. The number of benzene rings is 1. The van der Waals surface area contributed by atoms with E-state index in [9.17, 15) is 0 Å². The fourth-order valence-electron chi connectivity index (χ4n) is 1.50. The molecule has 2 aromatic rings. The zero-order valence-corrected chi connectivity index (χ0v) is 13.7. The molecule has 0 radical (unpaired) electrons. The molecule has 0 bridgehead atoms. The molecule has 0 N–H and O–H groups in total. The van der Waals surface area contributed by atoms with Crippen molar-refractivity contribution in [3.8, 4) is 0 Å². The van der Waals surface area contributed by atoms with Crippen molar-refractivity contribution in [1.82, 2.24) is 10.1 Å². The Balaban J connectivity index is 1.88. The number of hydrogen-bond acceptors (Lipinski definition) is 4. The number of halogens is 1. The molecular formula is C14H17BrN2OS. The highest BCUT2D eigenvalue weighted by Crippen LogP contribution is 2.22. The molecule has 1 aromatic heterocycles. The first kappa shape index (κ1) is 14.6. The van der Waals surface area contributed by atoms with Gasteiger partial charge in [-0.15, -0.1) is 11.8 Å². The molecule has 0 atom stereocenters. The minimum Gasteiger partial charge on any atom is -0.339 e. The highest BCUT2D eigenvalue weighted by Gasteiger charge is 2.21. The van der Waals surface area contributed by atoms with Gasteiger partial charge in [-0.3, -0.25) is 0 Å². The summed E-state index contributed by atoms with van der Waals surface area (Å²) in [5.41, 5.74) is 1.21. The van der Waals surface area contributed by atoms with Crippen LogP contribution < -0.4 is 0 Å². The van der Waals surface area contributed by atoms with Gasteiger partial charge in [-0.2, -0.15) is 4.98 Å². The van der Waals surface area contributed by atoms with Crippen molar-refractivity contribution in [3.05, 3.63) is 46.0 Å². The number of hydrogen-bond donors (Lipinski definition) is 0. The van der Waals surface area contributed by atoms with Crippen molar-refractivity contribution >= 4 is 27.7 Å². The molecule has 0 spiro atoms. The molecule has 102 valence electrons. The Bertz CT molecular complexity index is 548. The summed E-state index contributed by atoms with van der Waals surface area (Å²) in [6.45, 7) is 6.21. The molecule has 1 aromatic carbocycles. The number of aromatic nitrogens is 2. The van der Waals surface area contributed by atoms with Crippen molar-refractivity contribution < 1.29 is 4.52 Å². The van der Waals surface area contributed by atoms with Crippen LogP contribution in [0.25, 0.3) is 0 Å². The first-order chi connectivity index (χ1) is 8.95. The fraction of sp³-hybridized carbons (Fsp3) is 0.429. The van der Waals surface area contributed by atoms with Crippen molar-refractivity contribution in [2.75, 3.05) is 0 Å². The van der Waals surface area contributed by atoms with Crippen LogP contribution in [0, 0.1) is 0 Å². The first-order valence-corrected chi connectivity index (χ1v) is 8.05. The molecule has 1 heterocycles. The fourth-order valence-corrected chi connectivity index (χ4v) is 2.77. The molecule has 0 amide bonds. The van der Waals surface area contributed by atoms with Crippen LogP contribution in [0.15, 0.2) is 33.3 Å². The van der Waals surface area contributed by atoms with E-state index >= 15 is 0 Å². The van der Waals surface area contributed by atoms with Gasteiger partial charge in [0.2, 0.25) is 5.89 Å². The second-order valence-corrected chi connectivity index (χ2v) is 7.29. The Labute approximate surface area is 126 Å². The van der Waals surface area contributed by atoms with E-state index in [1.165, 1.54) is 5.56 Å². The molecule has 0 fully saturated rings. The van der Waals surface area contributed by atoms with Crippen LogP contribution in [0.2, 0.25) is 0 Å². The summed E-state index contributed by atoms with van der Waals surface area (Å²) in [7, 11) is 0. The molecule has 0 unspecified atom stereocenters. The maximum absolute atomic E-state index is 5.27. The van der Waals surface area contributed by atoms with E-state index in [2.05, 4.69) is 59.0 Å². The van der Waals surface area contributed by atoms with Gasteiger partial charge < -0.3 is 4.52 Å². The van der Waals surface area contributed by atoms with Crippen molar-refractivity contribution in [1.29, 1.82) is 0 Å². The van der Waals surface area contributed by atoms with Crippen LogP contribution in [0.4, 0.5) is 0 Å². The van der Waals surface area contributed by atoms with Gasteiger partial charge in [0.25, 0.3) is 0 Å². The topological polar surface area (TPSA) is 38.9 Å². The number of nitrogens with zero attached hydrogens (tertiary/aromatic N) is 2. The van der Waals surface area contributed by atoms with Gasteiger partial charge >= 0.3 is 0 Å². The van der Waals surface area contributed by atoms with E-state index in [1.54, 1.807) is 11.8 Å². The van der Waals surface area contributed by atoms with Crippen LogP contribution in [0.3, 0.4) is 0 Å². The lowest BCUT2D eigenvalue weighted by Gasteiger charge is -2.10. The van der Waals surface area contributed by atoms with Crippen LogP contribution in [0.1, 0.15) is 38.0 Å². The average molecular weight is 341 g/mol. The average Bonchev–Trinajstić information content (AvgIpc) is 2.77. The van der Waals surface area contributed by atoms with Crippen molar-refractivity contribution in [3.63, 3.8) is 0 Å². The molecule has 0 aliphatic carbocycles. The van der Waals surface area contributed by atoms with Crippen molar-refractivity contribution in [2.45, 2.75) is 37.7 Å². The molecular weight excluding hydrogens is 324 g/mol. The van der Waals surface area contributed by atoms with Crippen molar-refractivity contribution in [2.24, 2.45) is 0 Å². The van der Waals surface area contributed by atoms with E-state index in [0.717, 1.165) is 21.8 Å². The second kappa shape index (κ2) is 6.09. The maximum atomic E-state index is 5.27. The summed E-state index contributed by atoms with van der Waals surface area (Å²) in [6.07, 6.45) is 0. The van der Waals surface area contributed by atoms with E-state index in [1.807, 2.05) is 12.1 Å². The molecule has 0 saturated carbocycles. The minimum absolute atomic E-state index is 0.0831. The highest BCUT2D eigenvalue weighted by molar-refractivity contribution is 9.10. The molecule has 19 heavy (non-hydrogen) atoms. The standard InChI is InChI=1S/C14H17BrN2OS/c1-14(2,3)13-16-12(17-18-13)9-19-8-10-5-4-6-11(15)7-10/h4-7H,8-9H2,1-3H3. The minimum atomic E-state index is -0.0831. The summed E-state index contributed by atoms with van der Waals surface area (Å²) in [6, 6.07) is 8.33. The molecule has 5 heteroatoms. The van der Waals surface area contributed by atoms with Crippen LogP contribution in [0.5, 0.6) is 0 Å². The Morgan fingerprint density at radius 1 is 1.26 bits per heavy atom. The smallest absolute Gasteiger partial charge is 0.232 e. The van der Waals surface area contributed by atoms with E-state index < -0.39 is 0 Å². The molecule has 0 aliphatic rings. The lowest BCUT2D eigenvalue weighted by Crippen LogP contribution is -2.11. The lowest BCUT2D eigenvalue weighted by molar-refractivity contribution is 0.319. The van der Waals surface area contributed by atoms with Gasteiger partial charge in [0, 0.05) is 15.6 Å². The van der Waals surface area contributed by atoms with Gasteiger partial charge in [0.15, 0.2) is 5.82 Å². The van der Waals surface area contributed by atoms with Crippen LogP contribution in [-0.4, -0.2) is 10.1 Å². The first-order valence-electron chi connectivity index (χ1n) is 6.10. The SMILES string of the molecule is CC(C)(C)c1nc(CSCc2cccc(Br)c2)no1. The molecule has 0 saturated heterocycles. The van der Waals surface area contributed by atoms with Gasteiger partial charge in [-0.05, 0) is 17.7 Å².